The number of rotatable bonds is 5. The molecular weight excluding hydrogens is 446 g/mol. The number of hydrogen-bond donors (Lipinski definition) is 0. The lowest BCUT2D eigenvalue weighted by atomic mass is 9.87. The van der Waals surface area contributed by atoms with E-state index in [9.17, 15) is 19.2 Å². The molecule has 3 aliphatic heterocycles. The molecule has 9 heteroatoms. The molecule has 0 bridgehead atoms. The van der Waals surface area contributed by atoms with Gasteiger partial charge in [0, 0.05) is 40.2 Å². The number of fused-ring (bicyclic) bond motifs is 1. The molecule has 2 aromatic rings. The summed E-state index contributed by atoms with van der Waals surface area (Å²) in [6, 6.07) is 5.39. The van der Waals surface area contributed by atoms with Crippen molar-refractivity contribution in [2.24, 2.45) is 13.0 Å². The van der Waals surface area contributed by atoms with Crippen LogP contribution in [0.2, 0.25) is 0 Å². The first-order chi connectivity index (χ1) is 16.9. The molecule has 1 aromatic carbocycles. The fourth-order valence-corrected chi connectivity index (χ4v) is 6.27. The Morgan fingerprint density at radius 1 is 0.943 bits per heavy atom. The summed E-state index contributed by atoms with van der Waals surface area (Å²) in [4.78, 5) is 54.7. The molecule has 3 fully saturated rings. The quantitative estimate of drug-likeness (QED) is 0.479. The SMILES string of the molecule is CN1C(=O)CCC(n2c(=O)n(C)c3c(C4CCN(CC5CCN(C=O)CC5)CC4)cccc32)C1=O. The van der Waals surface area contributed by atoms with E-state index in [1.807, 2.05) is 17.0 Å². The van der Waals surface area contributed by atoms with Crippen molar-refractivity contribution in [3.05, 3.63) is 34.2 Å². The number of amides is 3. The van der Waals surface area contributed by atoms with E-state index in [0.717, 1.165) is 80.8 Å². The van der Waals surface area contributed by atoms with Crippen molar-refractivity contribution in [2.45, 2.75) is 50.5 Å². The van der Waals surface area contributed by atoms with Gasteiger partial charge in [-0.25, -0.2) is 4.79 Å². The maximum atomic E-state index is 13.3. The lowest BCUT2D eigenvalue weighted by Gasteiger charge is -2.37. The molecule has 0 spiro atoms. The molecule has 5 rings (SSSR count). The largest absolute Gasteiger partial charge is 0.345 e. The van der Waals surface area contributed by atoms with Gasteiger partial charge in [-0.3, -0.25) is 28.4 Å². The van der Waals surface area contributed by atoms with Crippen LogP contribution in [0, 0.1) is 5.92 Å². The fraction of sp³-hybridized carbons (Fsp3) is 0.615. The summed E-state index contributed by atoms with van der Waals surface area (Å²) in [5, 5.41) is 0. The van der Waals surface area contributed by atoms with E-state index in [4.69, 9.17) is 0 Å². The molecule has 3 amide bonds. The second-order valence-corrected chi connectivity index (χ2v) is 10.4. The monoisotopic (exact) mass is 481 g/mol. The number of para-hydroxylation sites is 1. The van der Waals surface area contributed by atoms with E-state index >= 15 is 0 Å². The van der Waals surface area contributed by atoms with E-state index in [1.165, 1.54) is 12.6 Å². The van der Waals surface area contributed by atoms with Crippen LogP contribution < -0.4 is 5.69 Å². The molecule has 3 saturated heterocycles. The lowest BCUT2D eigenvalue weighted by Crippen LogP contribution is -2.45. The van der Waals surface area contributed by atoms with Crippen molar-refractivity contribution in [3.8, 4) is 0 Å². The molecule has 188 valence electrons. The zero-order valence-corrected chi connectivity index (χ0v) is 20.7. The van der Waals surface area contributed by atoms with Gasteiger partial charge >= 0.3 is 5.69 Å². The second-order valence-electron chi connectivity index (χ2n) is 10.4. The molecule has 0 N–H and O–H groups in total. The minimum absolute atomic E-state index is 0.193. The number of imide groups is 1. The molecule has 9 nitrogen and oxygen atoms in total. The lowest BCUT2D eigenvalue weighted by molar-refractivity contribution is -0.149. The van der Waals surface area contributed by atoms with Gasteiger partial charge in [0.05, 0.1) is 11.0 Å². The zero-order valence-electron chi connectivity index (χ0n) is 20.7. The van der Waals surface area contributed by atoms with Gasteiger partial charge in [0.15, 0.2) is 0 Å². The van der Waals surface area contributed by atoms with Crippen LogP contribution >= 0.6 is 0 Å². The third kappa shape index (κ3) is 4.30. The summed E-state index contributed by atoms with van der Waals surface area (Å²) in [6.07, 6.45) is 5.81. The number of benzene rings is 1. The highest BCUT2D eigenvalue weighted by Crippen LogP contribution is 2.35. The highest BCUT2D eigenvalue weighted by molar-refractivity contribution is 6.00. The van der Waals surface area contributed by atoms with Crippen molar-refractivity contribution in [1.29, 1.82) is 0 Å². The van der Waals surface area contributed by atoms with Crippen LogP contribution in [0.15, 0.2) is 23.0 Å². The third-order valence-corrected chi connectivity index (χ3v) is 8.41. The Bertz CT molecular complexity index is 1180. The predicted molar refractivity (Wildman–Crippen MR) is 132 cm³/mol. The smallest absolute Gasteiger partial charge is 0.329 e. The van der Waals surface area contributed by atoms with Gasteiger partial charge < -0.3 is 9.80 Å². The van der Waals surface area contributed by atoms with Crippen LogP contribution in [-0.2, 0) is 21.4 Å². The number of nitrogens with zero attached hydrogens (tertiary/aromatic N) is 5. The molecule has 0 aliphatic carbocycles. The Hall–Kier alpha value is -2.94. The highest BCUT2D eigenvalue weighted by atomic mass is 16.2. The van der Waals surface area contributed by atoms with Gasteiger partial charge in [-0.1, -0.05) is 12.1 Å². The molecule has 35 heavy (non-hydrogen) atoms. The Kier molecular flexibility index (Phi) is 6.53. The number of likely N-dealkylation sites (N-methyl/N-ethyl adjacent to an activating group) is 1. The average molecular weight is 482 g/mol. The van der Waals surface area contributed by atoms with Gasteiger partial charge in [0.25, 0.3) is 5.91 Å². The number of aryl methyl sites for hydroxylation is 1. The Morgan fingerprint density at radius 3 is 2.34 bits per heavy atom. The summed E-state index contributed by atoms with van der Waals surface area (Å²) < 4.78 is 3.28. The van der Waals surface area contributed by atoms with E-state index in [0.29, 0.717) is 18.3 Å². The molecule has 0 radical (unpaired) electrons. The molecule has 1 unspecified atom stereocenters. The first-order valence-electron chi connectivity index (χ1n) is 12.8. The normalized spacial score (nSPS) is 23.4. The van der Waals surface area contributed by atoms with Crippen LogP contribution in [0.4, 0.5) is 0 Å². The summed E-state index contributed by atoms with van der Waals surface area (Å²) in [5.41, 5.74) is 2.66. The van der Waals surface area contributed by atoms with Gasteiger partial charge in [0.2, 0.25) is 12.3 Å². The molecule has 1 atom stereocenters. The first-order valence-corrected chi connectivity index (χ1v) is 12.8. The standard InChI is InChI=1S/C26H35N5O4/c1-27-23(33)7-6-22(25(27)34)31-21-5-3-4-20(24(21)28(2)26(31)35)19-10-14-29(15-11-19)16-18-8-12-30(17-32)13-9-18/h3-5,17-19,22H,6-16H2,1-2H3. The first kappa shape index (κ1) is 23.8. The van der Waals surface area contributed by atoms with Crippen molar-refractivity contribution in [2.75, 3.05) is 39.8 Å². The van der Waals surface area contributed by atoms with Crippen LogP contribution in [-0.4, -0.2) is 81.8 Å². The number of likely N-dealkylation sites (tertiary alicyclic amines) is 3. The van der Waals surface area contributed by atoms with Crippen molar-refractivity contribution >= 4 is 29.3 Å². The minimum Gasteiger partial charge on any atom is -0.345 e. The number of piperidine rings is 3. The number of hydrogen-bond acceptors (Lipinski definition) is 5. The van der Waals surface area contributed by atoms with Crippen molar-refractivity contribution in [3.63, 3.8) is 0 Å². The zero-order chi connectivity index (χ0) is 24.7. The summed E-state index contributed by atoms with van der Waals surface area (Å²) in [6.45, 7) is 4.87. The third-order valence-electron chi connectivity index (χ3n) is 8.41. The topological polar surface area (TPSA) is 87.9 Å². The Balaban J connectivity index is 1.34. The van der Waals surface area contributed by atoms with E-state index < -0.39 is 6.04 Å². The molecule has 3 aliphatic rings. The molecule has 4 heterocycles. The number of carbonyl (C=O) groups excluding carboxylic acids is 3. The van der Waals surface area contributed by atoms with Gasteiger partial charge in [0.1, 0.15) is 6.04 Å². The summed E-state index contributed by atoms with van der Waals surface area (Å²) in [7, 11) is 3.28. The van der Waals surface area contributed by atoms with Gasteiger partial charge in [-0.05, 0) is 68.7 Å². The number of aromatic nitrogens is 2. The minimum atomic E-state index is -0.642. The highest BCUT2D eigenvalue weighted by Gasteiger charge is 2.36. The van der Waals surface area contributed by atoms with E-state index in [1.54, 1.807) is 16.2 Å². The van der Waals surface area contributed by atoms with E-state index in [-0.39, 0.29) is 23.9 Å². The number of carbonyl (C=O) groups is 3. The average Bonchev–Trinajstić information content (AvgIpc) is 3.14. The fourth-order valence-electron chi connectivity index (χ4n) is 6.27. The predicted octanol–water partition coefficient (Wildman–Crippen LogP) is 1.71. The van der Waals surface area contributed by atoms with Gasteiger partial charge in [-0.2, -0.15) is 0 Å². The van der Waals surface area contributed by atoms with Crippen molar-refractivity contribution < 1.29 is 14.4 Å². The van der Waals surface area contributed by atoms with Crippen molar-refractivity contribution in [1.82, 2.24) is 23.8 Å². The van der Waals surface area contributed by atoms with Crippen LogP contribution in [0.5, 0.6) is 0 Å². The molecule has 0 saturated carbocycles. The second kappa shape index (κ2) is 9.60. The van der Waals surface area contributed by atoms with Crippen LogP contribution in [0.1, 0.15) is 56.0 Å². The maximum Gasteiger partial charge on any atom is 0.329 e. The molecule has 1 aromatic heterocycles. The van der Waals surface area contributed by atoms with Gasteiger partial charge in [-0.15, -0.1) is 0 Å². The van der Waals surface area contributed by atoms with E-state index in [2.05, 4.69) is 11.0 Å². The summed E-state index contributed by atoms with van der Waals surface area (Å²) >= 11 is 0. The Labute approximate surface area is 205 Å². The maximum absolute atomic E-state index is 13.3. The Morgan fingerprint density at radius 2 is 1.66 bits per heavy atom. The number of imidazole rings is 1. The van der Waals surface area contributed by atoms with Crippen LogP contribution in [0.25, 0.3) is 11.0 Å². The summed E-state index contributed by atoms with van der Waals surface area (Å²) in [5.74, 6) is 0.508. The van der Waals surface area contributed by atoms with Crippen LogP contribution in [0.3, 0.4) is 0 Å². The molecular formula is C26H35N5O4.